The van der Waals surface area contributed by atoms with Gasteiger partial charge in [-0.25, -0.2) is 0 Å². The highest BCUT2D eigenvalue weighted by atomic mass is 14.4. The third-order valence-corrected chi connectivity index (χ3v) is 5.31. The van der Waals surface area contributed by atoms with Crippen molar-refractivity contribution in [1.82, 2.24) is 0 Å². The molecule has 5 rings (SSSR count). The maximum Gasteiger partial charge on any atom is 0.0137 e. The van der Waals surface area contributed by atoms with Crippen molar-refractivity contribution in [2.45, 2.75) is 18.8 Å². The summed E-state index contributed by atoms with van der Waals surface area (Å²) in [5.41, 5.74) is 6.10. The Hall–Kier alpha value is -2.34. The number of hydrogen-bond acceptors (Lipinski definition) is 0. The first-order chi connectivity index (χ1) is 10.9. The van der Waals surface area contributed by atoms with Crippen molar-refractivity contribution in [3.63, 3.8) is 0 Å². The van der Waals surface area contributed by atoms with Gasteiger partial charge in [-0.3, -0.25) is 0 Å². The van der Waals surface area contributed by atoms with Gasteiger partial charge in [-0.1, -0.05) is 72.8 Å². The molecule has 2 atom stereocenters. The lowest BCUT2D eigenvalue weighted by atomic mass is 9.67. The molecule has 0 nitrogen and oxygen atoms in total. The molecule has 106 valence electrons. The van der Waals surface area contributed by atoms with Gasteiger partial charge < -0.3 is 0 Å². The van der Waals surface area contributed by atoms with Gasteiger partial charge in [-0.05, 0) is 45.6 Å². The van der Waals surface area contributed by atoms with E-state index in [4.69, 9.17) is 0 Å². The third kappa shape index (κ3) is 1.64. The van der Waals surface area contributed by atoms with E-state index >= 15 is 0 Å². The van der Waals surface area contributed by atoms with Crippen LogP contribution in [0.15, 0.2) is 66.3 Å². The number of allylic oxidation sites excluding steroid dienone is 4. The van der Waals surface area contributed by atoms with E-state index in [9.17, 15) is 0 Å². The molecular formula is C22H18. The fourth-order valence-corrected chi connectivity index (χ4v) is 4.32. The number of fused-ring (bicyclic) bond motifs is 6. The van der Waals surface area contributed by atoms with Crippen LogP contribution in [-0.2, 0) is 0 Å². The van der Waals surface area contributed by atoms with E-state index in [2.05, 4.69) is 72.8 Å². The van der Waals surface area contributed by atoms with E-state index in [0.29, 0.717) is 11.8 Å². The number of benzene rings is 2. The zero-order chi connectivity index (χ0) is 14.5. The Morgan fingerprint density at radius 1 is 0.773 bits per heavy atom. The lowest BCUT2D eigenvalue weighted by Gasteiger charge is -2.36. The summed E-state index contributed by atoms with van der Waals surface area (Å²) >= 11 is 0. The number of rotatable bonds is 0. The largest absolute Gasteiger partial charge is 0.0839 e. The van der Waals surface area contributed by atoms with Crippen LogP contribution in [0, 0.1) is 5.92 Å². The molecule has 0 bridgehead atoms. The molecule has 0 aliphatic heterocycles. The van der Waals surface area contributed by atoms with Crippen molar-refractivity contribution in [3.05, 3.63) is 87.8 Å². The molecule has 2 aromatic rings. The maximum absolute atomic E-state index is 2.49. The first-order valence-electron chi connectivity index (χ1n) is 8.19. The van der Waals surface area contributed by atoms with Crippen molar-refractivity contribution >= 4 is 17.7 Å². The predicted molar refractivity (Wildman–Crippen MR) is 92.6 cm³/mol. The molecule has 3 aliphatic rings. The molecule has 0 saturated carbocycles. The Balaban J connectivity index is 1.85. The maximum atomic E-state index is 2.49. The molecule has 2 unspecified atom stereocenters. The molecule has 0 radical (unpaired) electrons. The van der Waals surface area contributed by atoms with Crippen LogP contribution < -0.4 is 10.4 Å². The Bertz CT molecular complexity index is 940. The smallest absolute Gasteiger partial charge is 0.0137 e. The second-order valence-corrected chi connectivity index (χ2v) is 6.48. The molecule has 0 N–H and O–H groups in total. The molecule has 0 fully saturated rings. The molecule has 3 aliphatic carbocycles. The summed E-state index contributed by atoms with van der Waals surface area (Å²) in [4.78, 5) is 0. The highest BCUT2D eigenvalue weighted by Crippen LogP contribution is 2.48. The molecule has 22 heavy (non-hydrogen) atoms. The summed E-state index contributed by atoms with van der Waals surface area (Å²) in [6, 6.07) is 17.8. The third-order valence-electron chi connectivity index (χ3n) is 5.31. The lowest BCUT2D eigenvalue weighted by molar-refractivity contribution is 0.710. The van der Waals surface area contributed by atoms with E-state index < -0.39 is 0 Å². The molecule has 0 heterocycles. The van der Waals surface area contributed by atoms with E-state index in [0.717, 1.165) is 0 Å². The quantitative estimate of drug-likeness (QED) is 0.690. The van der Waals surface area contributed by atoms with Gasteiger partial charge in [0, 0.05) is 11.8 Å². The van der Waals surface area contributed by atoms with E-state index in [1.807, 2.05) is 0 Å². The van der Waals surface area contributed by atoms with Crippen LogP contribution in [0.25, 0.3) is 17.7 Å². The fourth-order valence-electron chi connectivity index (χ4n) is 4.32. The Morgan fingerprint density at radius 3 is 2.36 bits per heavy atom. The average molecular weight is 282 g/mol. The molecule has 0 amide bonds. The summed E-state index contributed by atoms with van der Waals surface area (Å²) in [7, 11) is 0. The Morgan fingerprint density at radius 2 is 1.50 bits per heavy atom. The second kappa shape index (κ2) is 4.58. The van der Waals surface area contributed by atoms with Crippen LogP contribution >= 0.6 is 0 Å². The van der Waals surface area contributed by atoms with Crippen LogP contribution in [0.1, 0.15) is 29.9 Å². The van der Waals surface area contributed by atoms with Crippen LogP contribution in [0.5, 0.6) is 0 Å². The molecule has 0 aromatic heterocycles. The Kier molecular flexibility index (Phi) is 2.54. The Labute approximate surface area is 130 Å². The molecule has 0 spiro atoms. The van der Waals surface area contributed by atoms with Crippen molar-refractivity contribution in [3.8, 4) is 0 Å². The monoisotopic (exact) mass is 282 g/mol. The van der Waals surface area contributed by atoms with Gasteiger partial charge in [0.2, 0.25) is 0 Å². The highest BCUT2D eigenvalue weighted by Gasteiger charge is 2.33. The van der Waals surface area contributed by atoms with E-state index in [1.54, 1.807) is 11.1 Å². The fraction of sp³-hybridized carbons (Fsp3) is 0.182. The first-order valence-corrected chi connectivity index (χ1v) is 8.19. The summed E-state index contributed by atoms with van der Waals surface area (Å²) < 4.78 is 0. The van der Waals surface area contributed by atoms with Crippen LogP contribution in [0.4, 0.5) is 0 Å². The molecular weight excluding hydrogens is 264 g/mol. The average Bonchev–Trinajstić information content (AvgIpc) is 2.61. The normalized spacial score (nSPS) is 24.4. The summed E-state index contributed by atoms with van der Waals surface area (Å²) in [5.74, 6) is 0.976. The van der Waals surface area contributed by atoms with Crippen LogP contribution in [0.3, 0.4) is 0 Å². The van der Waals surface area contributed by atoms with Crippen molar-refractivity contribution in [1.29, 1.82) is 0 Å². The molecule has 0 saturated heterocycles. The van der Waals surface area contributed by atoms with E-state index in [-0.39, 0.29) is 0 Å². The van der Waals surface area contributed by atoms with Crippen molar-refractivity contribution < 1.29 is 0 Å². The van der Waals surface area contributed by atoms with Gasteiger partial charge in [-0.2, -0.15) is 0 Å². The minimum atomic E-state index is 0.479. The van der Waals surface area contributed by atoms with Gasteiger partial charge in [0.05, 0.1) is 0 Å². The number of hydrogen-bond donors (Lipinski definition) is 0. The lowest BCUT2D eigenvalue weighted by Crippen LogP contribution is -2.34. The van der Waals surface area contributed by atoms with E-state index in [1.165, 1.54) is 34.4 Å². The van der Waals surface area contributed by atoms with Crippen molar-refractivity contribution in [2.75, 3.05) is 0 Å². The first kappa shape index (κ1) is 12.2. The summed E-state index contributed by atoms with van der Waals surface area (Å²) in [6.45, 7) is 0. The highest BCUT2D eigenvalue weighted by molar-refractivity contribution is 5.81. The van der Waals surface area contributed by atoms with Gasteiger partial charge in [-0.15, -0.1) is 0 Å². The van der Waals surface area contributed by atoms with Crippen LogP contribution in [-0.4, -0.2) is 0 Å². The van der Waals surface area contributed by atoms with Crippen LogP contribution in [0.2, 0.25) is 0 Å². The molecule has 0 heteroatoms. The van der Waals surface area contributed by atoms with Gasteiger partial charge in [0.15, 0.2) is 0 Å². The van der Waals surface area contributed by atoms with Gasteiger partial charge in [0.1, 0.15) is 0 Å². The minimum Gasteiger partial charge on any atom is -0.0839 e. The zero-order valence-electron chi connectivity index (χ0n) is 12.5. The second-order valence-electron chi connectivity index (χ2n) is 6.48. The van der Waals surface area contributed by atoms with Gasteiger partial charge >= 0.3 is 0 Å². The zero-order valence-corrected chi connectivity index (χ0v) is 12.5. The van der Waals surface area contributed by atoms with Crippen molar-refractivity contribution in [2.24, 2.45) is 5.92 Å². The molecule has 2 aromatic carbocycles. The summed E-state index contributed by atoms with van der Waals surface area (Å²) in [5, 5.41) is 2.76. The predicted octanol–water partition coefficient (Wildman–Crippen LogP) is 3.78. The SMILES string of the molecule is C1=CC2=C(CC1)c1ccccc1C1C=c3ccccc3=CC21. The standard InChI is InChI=1S/C22H18/c1-2-8-16-14-22-20-12-6-4-10-18(20)17-9-3-5-11-19(17)21(22)13-15(16)7-1/h1-3,5-9,11-14,21-22H,4,10H2. The van der Waals surface area contributed by atoms with Gasteiger partial charge in [0.25, 0.3) is 0 Å². The minimum absolute atomic E-state index is 0.479. The summed E-state index contributed by atoms with van der Waals surface area (Å²) in [6.07, 6.45) is 12.0. The topological polar surface area (TPSA) is 0 Å².